The van der Waals surface area contributed by atoms with E-state index < -0.39 is 27.9 Å². The molecule has 3 rings (SSSR count). The largest absolute Gasteiger partial charge is 0.497 e. The van der Waals surface area contributed by atoms with Gasteiger partial charge in [0.25, 0.3) is 11.8 Å². The summed E-state index contributed by atoms with van der Waals surface area (Å²) in [6.07, 6.45) is 0.843. The van der Waals surface area contributed by atoms with Crippen molar-refractivity contribution in [3.05, 3.63) is 80.2 Å². The number of nitrogens with zero attached hydrogens (tertiary/aromatic N) is 2. The molecule has 0 fully saturated rings. The van der Waals surface area contributed by atoms with Gasteiger partial charge in [0.1, 0.15) is 14.5 Å². The molecule has 0 unspecified atom stereocenters. The molecular formula is C24H26BrN3O6S2. The zero-order valence-electron chi connectivity index (χ0n) is 19.7. The first-order chi connectivity index (χ1) is 17.1. The van der Waals surface area contributed by atoms with Crippen LogP contribution in [0.3, 0.4) is 0 Å². The van der Waals surface area contributed by atoms with E-state index in [2.05, 4.69) is 20.9 Å². The van der Waals surface area contributed by atoms with Crippen LogP contribution in [0.2, 0.25) is 0 Å². The van der Waals surface area contributed by atoms with E-state index >= 15 is 0 Å². The van der Waals surface area contributed by atoms with E-state index in [0.29, 0.717) is 33.1 Å². The van der Waals surface area contributed by atoms with Gasteiger partial charge in [-0.15, -0.1) is 11.3 Å². The fourth-order valence-electron chi connectivity index (χ4n) is 3.42. The van der Waals surface area contributed by atoms with E-state index in [1.165, 1.54) is 12.0 Å². The predicted molar refractivity (Wildman–Crippen MR) is 140 cm³/mol. The lowest BCUT2D eigenvalue weighted by Gasteiger charge is -2.25. The van der Waals surface area contributed by atoms with E-state index in [1.807, 2.05) is 35.1 Å². The highest BCUT2D eigenvalue weighted by Crippen LogP contribution is 2.27. The van der Waals surface area contributed by atoms with Crippen LogP contribution in [-0.4, -0.2) is 55.1 Å². The molecule has 2 amide bonds. The minimum absolute atomic E-state index is 0.0380. The van der Waals surface area contributed by atoms with Gasteiger partial charge >= 0.3 is 0 Å². The van der Waals surface area contributed by atoms with Gasteiger partial charge in [-0.1, -0.05) is 42.5 Å². The van der Waals surface area contributed by atoms with Crippen molar-refractivity contribution in [2.24, 2.45) is 0 Å². The van der Waals surface area contributed by atoms with Crippen molar-refractivity contribution in [1.82, 2.24) is 14.6 Å². The third kappa shape index (κ3) is 7.85. The van der Waals surface area contributed by atoms with E-state index in [-0.39, 0.29) is 12.2 Å². The van der Waals surface area contributed by atoms with Crippen molar-refractivity contribution in [3.8, 4) is 5.75 Å². The number of thiazole rings is 1. The van der Waals surface area contributed by atoms with Crippen molar-refractivity contribution in [1.29, 1.82) is 0 Å². The zero-order chi connectivity index (χ0) is 26.3. The second-order valence-corrected chi connectivity index (χ2v) is 12.1. The van der Waals surface area contributed by atoms with Crippen LogP contribution in [0.15, 0.2) is 58.4 Å². The zero-order valence-corrected chi connectivity index (χ0v) is 22.9. The lowest BCUT2D eigenvalue weighted by Crippen LogP contribution is -2.36. The standard InChI is InChI=1S/C24H26BrN3O6S2/c1-34-18-12-10-17(11-13-18)21(29)24(31)28(14-6-9-16-7-4-3-5-8-16)15-19-26-20(22(25)35-19)23(30)27-36(2,32)33/h3-5,7-8,10-13,21,29H,6,9,14-15H2,1-2H3,(H,27,30)/t21-/m1/s1. The lowest BCUT2D eigenvalue weighted by molar-refractivity contribution is -0.141. The SMILES string of the molecule is COc1ccc([C@@H](O)C(=O)N(CCCc2ccccc2)Cc2nc(C(=O)NS(C)(=O)=O)c(Br)s2)cc1. The number of ether oxygens (including phenoxy) is 1. The summed E-state index contributed by atoms with van der Waals surface area (Å²) in [6.45, 7) is 0.374. The third-order valence-electron chi connectivity index (χ3n) is 5.16. The predicted octanol–water partition coefficient (Wildman–Crippen LogP) is 3.30. The molecule has 0 bridgehead atoms. The Morgan fingerprint density at radius 2 is 1.83 bits per heavy atom. The summed E-state index contributed by atoms with van der Waals surface area (Å²) in [5.41, 5.74) is 1.45. The van der Waals surface area contributed by atoms with Gasteiger partial charge in [-0.2, -0.15) is 0 Å². The number of halogens is 1. The maximum absolute atomic E-state index is 13.3. The van der Waals surface area contributed by atoms with Gasteiger partial charge in [0.15, 0.2) is 11.8 Å². The molecular weight excluding hydrogens is 570 g/mol. The summed E-state index contributed by atoms with van der Waals surface area (Å²) in [7, 11) is -2.23. The van der Waals surface area contributed by atoms with Gasteiger partial charge in [0, 0.05) is 6.54 Å². The fourth-order valence-corrected chi connectivity index (χ4v) is 5.48. The van der Waals surface area contributed by atoms with Crippen molar-refractivity contribution in [3.63, 3.8) is 0 Å². The Labute approximate surface area is 222 Å². The van der Waals surface area contributed by atoms with Crippen LogP contribution in [0, 0.1) is 0 Å². The highest BCUT2D eigenvalue weighted by molar-refractivity contribution is 9.11. The number of rotatable bonds is 11. The van der Waals surface area contributed by atoms with Gasteiger partial charge in [-0.25, -0.2) is 18.1 Å². The first-order valence-electron chi connectivity index (χ1n) is 10.9. The van der Waals surface area contributed by atoms with Crippen LogP contribution in [0.1, 0.15) is 39.1 Å². The number of amides is 2. The molecule has 2 aromatic carbocycles. The molecule has 0 aliphatic heterocycles. The molecule has 1 atom stereocenters. The summed E-state index contributed by atoms with van der Waals surface area (Å²) in [6, 6.07) is 16.4. The van der Waals surface area contributed by atoms with Gasteiger partial charge in [-0.3, -0.25) is 9.59 Å². The summed E-state index contributed by atoms with van der Waals surface area (Å²) in [4.78, 5) is 31.3. The molecule has 9 nitrogen and oxygen atoms in total. The smallest absolute Gasteiger partial charge is 0.285 e. The summed E-state index contributed by atoms with van der Waals surface area (Å²) >= 11 is 4.36. The monoisotopic (exact) mass is 595 g/mol. The molecule has 192 valence electrons. The number of carbonyl (C=O) groups is 2. The average Bonchev–Trinajstić information content (AvgIpc) is 3.22. The number of hydrogen-bond donors (Lipinski definition) is 2. The molecule has 12 heteroatoms. The van der Waals surface area contributed by atoms with Gasteiger partial charge in [0.2, 0.25) is 10.0 Å². The number of aromatic nitrogens is 1. The van der Waals surface area contributed by atoms with E-state index in [1.54, 1.807) is 24.3 Å². The van der Waals surface area contributed by atoms with Crippen LogP contribution in [0.5, 0.6) is 5.75 Å². The van der Waals surface area contributed by atoms with Gasteiger partial charge in [-0.05, 0) is 52.0 Å². The normalized spacial score (nSPS) is 12.1. The molecule has 0 saturated carbocycles. The number of aryl methyl sites for hydroxylation is 1. The molecule has 0 aliphatic carbocycles. The van der Waals surface area contributed by atoms with Crippen LogP contribution in [0.25, 0.3) is 0 Å². The van der Waals surface area contributed by atoms with Crippen molar-refractivity contribution in [2.45, 2.75) is 25.5 Å². The molecule has 0 spiro atoms. The van der Waals surface area contributed by atoms with Crippen molar-refractivity contribution < 1.29 is 27.9 Å². The van der Waals surface area contributed by atoms with E-state index in [4.69, 9.17) is 4.74 Å². The first kappa shape index (κ1) is 27.8. The number of aliphatic hydroxyl groups is 1. The third-order valence-corrected chi connectivity index (χ3v) is 7.41. The molecule has 1 heterocycles. The Hall–Kier alpha value is -2.80. The second kappa shape index (κ2) is 12.4. The number of benzene rings is 2. The van der Waals surface area contributed by atoms with Crippen molar-refractivity contribution >= 4 is 49.1 Å². The van der Waals surface area contributed by atoms with Crippen LogP contribution in [0.4, 0.5) is 0 Å². The molecule has 0 saturated heterocycles. The molecule has 1 aromatic heterocycles. The maximum atomic E-state index is 13.3. The Bertz CT molecular complexity index is 1300. The van der Waals surface area contributed by atoms with Crippen LogP contribution < -0.4 is 9.46 Å². The Morgan fingerprint density at radius 3 is 2.44 bits per heavy atom. The maximum Gasteiger partial charge on any atom is 0.285 e. The Kier molecular flexibility index (Phi) is 9.60. The summed E-state index contributed by atoms with van der Waals surface area (Å²) in [5.74, 6) is -0.778. The first-order valence-corrected chi connectivity index (χ1v) is 14.4. The quantitative estimate of drug-likeness (QED) is 0.348. The lowest BCUT2D eigenvalue weighted by atomic mass is 10.1. The van der Waals surface area contributed by atoms with E-state index in [0.717, 1.165) is 29.6 Å². The second-order valence-electron chi connectivity index (χ2n) is 7.96. The van der Waals surface area contributed by atoms with E-state index in [9.17, 15) is 23.1 Å². The number of sulfonamides is 1. The highest BCUT2D eigenvalue weighted by Gasteiger charge is 2.26. The fraction of sp³-hybridized carbons (Fsp3) is 0.292. The summed E-state index contributed by atoms with van der Waals surface area (Å²) < 4.78 is 30.2. The molecule has 36 heavy (non-hydrogen) atoms. The number of aliphatic hydroxyl groups excluding tert-OH is 1. The van der Waals surface area contributed by atoms with Crippen LogP contribution in [-0.2, 0) is 27.8 Å². The summed E-state index contributed by atoms with van der Waals surface area (Å²) in [5, 5.41) is 11.2. The molecule has 3 aromatic rings. The number of hydrogen-bond acceptors (Lipinski definition) is 8. The Balaban J connectivity index is 1.79. The minimum Gasteiger partial charge on any atom is -0.497 e. The van der Waals surface area contributed by atoms with Gasteiger partial charge < -0.3 is 14.7 Å². The molecule has 0 aliphatic rings. The number of methoxy groups -OCH3 is 1. The molecule has 0 radical (unpaired) electrons. The highest BCUT2D eigenvalue weighted by atomic mass is 79.9. The number of carbonyl (C=O) groups excluding carboxylic acids is 2. The Morgan fingerprint density at radius 1 is 1.17 bits per heavy atom. The van der Waals surface area contributed by atoms with Crippen LogP contribution >= 0.6 is 27.3 Å². The number of nitrogens with one attached hydrogen (secondary N) is 1. The van der Waals surface area contributed by atoms with Crippen molar-refractivity contribution in [2.75, 3.05) is 19.9 Å². The average molecular weight is 597 g/mol. The van der Waals surface area contributed by atoms with Gasteiger partial charge in [0.05, 0.1) is 19.9 Å². The minimum atomic E-state index is -3.76. The molecule has 2 N–H and O–H groups in total. The topological polar surface area (TPSA) is 126 Å².